The predicted octanol–water partition coefficient (Wildman–Crippen LogP) is 3.95. The molecule has 2 aromatic carbocycles. The van der Waals surface area contributed by atoms with Gasteiger partial charge in [-0.1, -0.05) is 18.2 Å². The molecule has 0 saturated heterocycles. The number of anilines is 1. The monoisotopic (exact) mass is 470 g/mol. The molecule has 0 saturated carbocycles. The van der Waals surface area contributed by atoms with Gasteiger partial charge in [0.25, 0.3) is 0 Å². The number of carbonyl (C=O) groups is 1. The van der Waals surface area contributed by atoms with Gasteiger partial charge in [0.1, 0.15) is 12.4 Å². The van der Waals surface area contributed by atoms with E-state index in [0.717, 1.165) is 23.6 Å². The Morgan fingerprint density at radius 1 is 1.12 bits per heavy atom. The summed E-state index contributed by atoms with van der Waals surface area (Å²) in [5.41, 5.74) is 1.47. The fourth-order valence-corrected chi connectivity index (χ4v) is 3.64. The molecule has 1 amide bonds. The summed E-state index contributed by atoms with van der Waals surface area (Å²) in [6.45, 7) is 3.33. The minimum atomic E-state index is -0.193. The van der Waals surface area contributed by atoms with Crippen molar-refractivity contribution in [3.8, 4) is 17.2 Å². The maximum Gasteiger partial charge on any atom is 0.250 e. The van der Waals surface area contributed by atoms with Crippen molar-refractivity contribution in [3.05, 3.63) is 60.5 Å². The van der Waals surface area contributed by atoms with E-state index in [1.807, 2.05) is 68.4 Å². The molecule has 0 radical (unpaired) electrons. The smallest absolute Gasteiger partial charge is 0.250 e. The molecule has 1 atom stereocenters. The molecule has 1 N–H and O–H groups in total. The Morgan fingerprint density at radius 3 is 2.61 bits per heavy atom. The van der Waals surface area contributed by atoms with Gasteiger partial charge in [-0.05, 0) is 57.4 Å². The van der Waals surface area contributed by atoms with Crippen LogP contribution in [-0.4, -0.2) is 66.7 Å². The zero-order chi connectivity index (χ0) is 23.5. The molecule has 0 aliphatic carbocycles. The van der Waals surface area contributed by atoms with E-state index in [1.165, 1.54) is 0 Å². The van der Waals surface area contributed by atoms with Gasteiger partial charge in [0, 0.05) is 23.5 Å². The van der Waals surface area contributed by atoms with Gasteiger partial charge in [-0.3, -0.25) is 4.79 Å². The number of hydrogen-bond donors (Lipinski definition) is 1. The Bertz CT molecular complexity index is 980. The number of hydrogen-bond acceptors (Lipinski definition) is 8. The lowest BCUT2D eigenvalue weighted by molar-refractivity contribution is -0.122. The lowest BCUT2D eigenvalue weighted by atomic mass is 10.2. The highest BCUT2D eigenvalue weighted by Gasteiger charge is 2.11. The first kappa shape index (κ1) is 24.8. The first-order chi connectivity index (χ1) is 16.0. The van der Waals surface area contributed by atoms with Crippen molar-refractivity contribution in [2.45, 2.75) is 18.8 Å². The van der Waals surface area contributed by atoms with Crippen LogP contribution < -0.4 is 10.1 Å². The number of nitrogens with zero attached hydrogens (tertiary/aromatic N) is 3. The van der Waals surface area contributed by atoms with Crippen LogP contribution in [0.4, 0.5) is 5.69 Å². The summed E-state index contributed by atoms with van der Waals surface area (Å²) >= 11 is 1.67. The number of ether oxygens (including phenoxy) is 2. The van der Waals surface area contributed by atoms with Crippen molar-refractivity contribution in [2.24, 2.45) is 0 Å². The van der Waals surface area contributed by atoms with Crippen molar-refractivity contribution in [1.29, 1.82) is 0 Å². The highest BCUT2D eigenvalue weighted by atomic mass is 32.2. The fraction of sp³-hybridized carbons (Fsp3) is 0.375. The number of likely N-dealkylation sites (N-methyl/N-ethyl adjacent to an activating group) is 1. The van der Waals surface area contributed by atoms with Gasteiger partial charge in [0.2, 0.25) is 17.7 Å². The number of para-hydroxylation sites is 1. The van der Waals surface area contributed by atoms with Crippen LogP contribution in [0.25, 0.3) is 11.5 Å². The van der Waals surface area contributed by atoms with E-state index in [9.17, 15) is 4.79 Å². The van der Waals surface area contributed by atoms with E-state index < -0.39 is 0 Å². The van der Waals surface area contributed by atoms with Crippen LogP contribution in [0.5, 0.6) is 5.75 Å². The van der Waals surface area contributed by atoms with Crippen molar-refractivity contribution in [1.82, 2.24) is 15.1 Å². The molecular weight excluding hydrogens is 440 g/mol. The largest absolute Gasteiger partial charge is 0.493 e. The second-order valence-electron chi connectivity index (χ2n) is 7.72. The Morgan fingerprint density at radius 2 is 1.88 bits per heavy atom. The van der Waals surface area contributed by atoms with Crippen LogP contribution in [0, 0.1) is 0 Å². The normalized spacial score (nSPS) is 12.0. The highest BCUT2D eigenvalue weighted by Crippen LogP contribution is 2.22. The molecule has 176 valence electrons. The lowest BCUT2D eigenvalue weighted by Crippen LogP contribution is -2.29. The average Bonchev–Trinajstić information content (AvgIpc) is 3.27. The summed E-state index contributed by atoms with van der Waals surface area (Å²) in [7, 11) is 3.93. The second-order valence-corrected chi connectivity index (χ2v) is 8.83. The second kappa shape index (κ2) is 13.0. The topological polar surface area (TPSA) is 89.7 Å². The molecule has 1 aromatic heterocycles. The van der Waals surface area contributed by atoms with Gasteiger partial charge in [-0.2, -0.15) is 0 Å². The van der Waals surface area contributed by atoms with Crippen LogP contribution in [0.15, 0.2) is 59.0 Å². The molecule has 0 bridgehead atoms. The van der Waals surface area contributed by atoms with Crippen LogP contribution in [0.3, 0.4) is 0 Å². The van der Waals surface area contributed by atoms with Crippen LogP contribution in [0.1, 0.15) is 12.8 Å². The SMILES string of the molecule is CC(CN(C)C)OCC(=O)Nc1ccc(-c2nnc(CSCCOc3ccccc3)o2)cc1. The van der Waals surface area contributed by atoms with Crippen LogP contribution in [0.2, 0.25) is 0 Å². The summed E-state index contributed by atoms with van der Waals surface area (Å²) < 4.78 is 17.0. The summed E-state index contributed by atoms with van der Waals surface area (Å²) in [6.07, 6.45) is -0.0191. The van der Waals surface area contributed by atoms with Crippen molar-refractivity contribution in [2.75, 3.05) is 44.9 Å². The summed E-state index contributed by atoms with van der Waals surface area (Å²) in [5.74, 6) is 3.12. The van der Waals surface area contributed by atoms with E-state index in [2.05, 4.69) is 15.5 Å². The third kappa shape index (κ3) is 8.88. The Hall–Kier alpha value is -2.88. The molecule has 9 heteroatoms. The molecule has 8 nitrogen and oxygen atoms in total. The number of amides is 1. The number of rotatable bonds is 13. The zero-order valence-corrected chi connectivity index (χ0v) is 20.0. The van der Waals surface area contributed by atoms with E-state index >= 15 is 0 Å². The minimum absolute atomic E-state index is 0.0117. The molecule has 33 heavy (non-hydrogen) atoms. The van der Waals surface area contributed by atoms with Crippen LogP contribution in [-0.2, 0) is 15.3 Å². The van der Waals surface area contributed by atoms with Crippen molar-refractivity contribution in [3.63, 3.8) is 0 Å². The highest BCUT2D eigenvalue weighted by molar-refractivity contribution is 7.98. The first-order valence-corrected chi connectivity index (χ1v) is 11.9. The van der Waals surface area contributed by atoms with E-state index in [1.54, 1.807) is 23.9 Å². The molecule has 3 rings (SSSR count). The quantitative estimate of drug-likeness (QED) is 0.376. The molecule has 1 heterocycles. The molecule has 0 fully saturated rings. The lowest BCUT2D eigenvalue weighted by Gasteiger charge is -2.17. The summed E-state index contributed by atoms with van der Waals surface area (Å²) in [4.78, 5) is 14.1. The van der Waals surface area contributed by atoms with Gasteiger partial charge in [0.15, 0.2) is 0 Å². The van der Waals surface area contributed by atoms with E-state index in [-0.39, 0.29) is 18.6 Å². The molecule has 0 spiro atoms. The number of benzene rings is 2. The molecule has 0 aliphatic heterocycles. The average molecular weight is 471 g/mol. The van der Waals surface area contributed by atoms with Gasteiger partial charge in [0.05, 0.1) is 18.5 Å². The maximum atomic E-state index is 12.1. The minimum Gasteiger partial charge on any atom is -0.493 e. The van der Waals surface area contributed by atoms with Gasteiger partial charge < -0.3 is 24.1 Å². The zero-order valence-electron chi connectivity index (χ0n) is 19.2. The molecule has 1 unspecified atom stereocenters. The Kier molecular flexibility index (Phi) is 9.74. The summed E-state index contributed by atoms with van der Waals surface area (Å²) in [5, 5.41) is 11.1. The van der Waals surface area contributed by atoms with Gasteiger partial charge >= 0.3 is 0 Å². The number of thioether (sulfide) groups is 1. The van der Waals surface area contributed by atoms with Crippen molar-refractivity contribution < 1.29 is 18.7 Å². The number of nitrogens with one attached hydrogen (secondary N) is 1. The standard InChI is InChI=1S/C24H30N4O4S/c1-18(15-28(2)3)31-16-22(29)25-20-11-9-19(10-12-20)24-27-26-23(32-24)17-33-14-13-30-21-7-5-4-6-8-21/h4-12,18H,13-17H2,1-3H3,(H,25,29). The molecule has 0 aliphatic rings. The number of carbonyl (C=O) groups excluding carboxylic acids is 1. The Balaban J connectivity index is 1.39. The third-order valence-corrected chi connectivity index (χ3v) is 5.38. The molecular formula is C24H30N4O4S. The van der Waals surface area contributed by atoms with Crippen molar-refractivity contribution >= 4 is 23.4 Å². The number of aromatic nitrogens is 2. The van der Waals surface area contributed by atoms with Gasteiger partial charge in [-0.25, -0.2) is 0 Å². The van der Waals surface area contributed by atoms with E-state index in [0.29, 0.717) is 29.8 Å². The predicted molar refractivity (Wildman–Crippen MR) is 130 cm³/mol. The summed E-state index contributed by atoms with van der Waals surface area (Å²) in [6, 6.07) is 17.0. The Labute approximate surface area is 198 Å². The van der Waals surface area contributed by atoms with Gasteiger partial charge in [-0.15, -0.1) is 22.0 Å². The first-order valence-electron chi connectivity index (χ1n) is 10.7. The maximum absolute atomic E-state index is 12.1. The van der Waals surface area contributed by atoms with E-state index in [4.69, 9.17) is 13.9 Å². The van der Waals surface area contributed by atoms with Crippen LogP contribution >= 0.6 is 11.8 Å². The third-order valence-electron chi connectivity index (χ3n) is 4.47. The molecule has 3 aromatic rings. The fourth-order valence-electron chi connectivity index (χ4n) is 3.00.